The van der Waals surface area contributed by atoms with Crippen molar-refractivity contribution in [2.45, 2.75) is 130 Å². The number of halogens is 4. The van der Waals surface area contributed by atoms with Crippen molar-refractivity contribution in [3.8, 4) is 46.0 Å². The average molecular weight is 1780 g/mol. The lowest BCUT2D eigenvalue weighted by molar-refractivity contribution is -0.0497. The molecule has 0 saturated heterocycles. The first-order chi connectivity index (χ1) is 59.0. The molecular weight excluding hydrogens is 1690 g/mol. The Balaban J connectivity index is 0.000000150. The molecule has 0 amide bonds. The summed E-state index contributed by atoms with van der Waals surface area (Å²) in [5.41, 5.74) is 16.8. The first-order valence-corrected chi connectivity index (χ1v) is 44.5. The molecule has 15 rings (SSSR count). The molecule has 29 nitrogen and oxygen atoms in total. The maximum atomic E-state index is 13.0. The highest BCUT2D eigenvalue weighted by atomic mass is 32.2. The molecule has 0 bridgehead atoms. The van der Waals surface area contributed by atoms with Gasteiger partial charge in [-0.3, -0.25) is 46.0 Å². The number of aromatic amines is 4. The number of hydrogen-bond donors (Lipinski definition) is 4. The fourth-order valence-electron chi connectivity index (χ4n) is 12.5. The number of benzene rings is 4. The second-order valence-corrected chi connectivity index (χ2v) is 34.5. The number of nitrogens with zero attached hydrogens (tertiary/aromatic N) is 11. The molecule has 38 heteroatoms. The molecule has 10 aromatic heterocycles. The van der Waals surface area contributed by atoms with Gasteiger partial charge < -0.3 is 62.6 Å². The summed E-state index contributed by atoms with van der Waals surface area (Å²) in [4.78, 5) is 59.7. The van der Waals surface area contributed by atoms with E-state index in [0.29, 0.717) is 96.8 Å². The number of aliphatic imine (C=N–C) groups is 1. The molecule has 0 aliphatic carbocycles. The second-order valence-electron chi connectivity index (χ2n) is 27.6. The van der Waals surface area contributed by atoms with Crippen molar-refractivity contribution in [2.24, 2.45) is 4.99 Å². The van der Waals surface area contributed by atoms with Crippen LogP contribution >= 0.6 is 0 Å². The number of hydrogen-bond acceptors (Lipinski definition) is 25. The summed E-state index contributed by atoms with van der Waals surface area (Å²) in [6, 6.07) is 33.9. The highest BCUT2D eigenvalue weighted by Crippen LogP contribution is 2.35. The van der Waals surface area contributed by atoms with E-state index in [-0.39, 0.29) is 33.9 Å². The van der Waals surface area contributed by atoms with E-state index in [4.69, 9.17) is 37.9 Å². The molecule has 0 spiro atoms. The van der Waals surface area contributed by atoms with Crippen LogP contribution in [0.4, 0.5) is 23.2 Å². The zero-order valence-corrected chi connectivity index (χ0v) is 73.8. The molecule has 1 aliphatic heterocycles. The van der Waals surface area contributed by atoms with E-state index in [1.165, 1.54) is 50.9 Å². The van der Waals surface area contributed by atoms with Crippen LogP contribution < -0.4 is 37.9 Å². The maximum Gasteiger partial charge on any atom is 0.387 e. The smallest absolute Gasteiger partial charge is 0.387 e. The minimum absolute atomic E-state index is 0.00962. The monoisotopic (exact) mass is 1780 g/mol. The summed E-state index contributed by atoms with van der Waals surface area (Å²) in [6.45, 7) is 11.7. The van der Waals surface area contributed by atoms with Gasteiger partial charge in [-0.05, 0) is 121 Å². The van der Waals surface area contributed by atoms with Gasteiger partial charge in [-0.15, -0.1) is 0 Å². The van der Waals surface area contributed by atoms with Gasteiger partial charge in [0.25, 0.3) is 5.92 Å². The first-order valence-electron chi connectivity index (χ1n) is 38.0. The number of H-pyrrole nitrogens is 4. The molecule has 5 unspecified atom stereocenters. The van der Waals surface area contributed by atoms with Crippen LogP contribution in [0, 0.1) is 48.5 Å². The molecule has 14 aromatic rings. The van der Waals surface area contributed by atoms with Crippen LogP contribution in [-0.4, -0.2) is 171 Å². The van der Waals surface area contributed by atoms with Crippen LogP contribution in [0.5, 0.6) is 46.0 Å². The van der Waals surface area contributed by atoms with Gasteiger partial charge in [-0.25, -0.2) is 38.7 Å². The van der Waals surface area contributed by atoms with Gasteiger partial charge in [0.2, 0.25) is 0 Å². The molecule has 0 saturated carbocycles. The molecule has 123 heavy (non-hydrogen) atoms. The Hall–Kier alpha value is -11.8. The topological polar surface area (TPSA) is 373 Å². The van der Waals surface area contributed by atoms with E-state index in [2.05, 4.69) is 79.5 Å². The van der Waals surface area contributed by atoms with Gasteiger partial charge in [-0.2, -0.15) is 8.78 Å². The fourth-order valence-corrected chi connectivity index (χ4v) is 18.0. The lowest BCUT2D eigenvalue weighted by Gasteiger charge is -2.15. The van der Waals surface area contributed by atoms with Gasteiger partial charge in [0.05, 0.1) is 198 Å². The number of imidazole rings is 4. The van der Waals surface area contributed by atoms with Crippen LogP contribution in [0.2, 0.25) is 0 Å². The van der Waals surface area contributed by atoms with Gasteiger partial charge in [0, 0.05) is 122 Å². The van der Waals surface area contributed by atoms with E-state index in [1.807, 2.05) is 126 Å². The summed E-state index contributed by atoms with van der Waals surface area (Å²) in [7, 11) is 2.66. The molecule has 0 radical (unpaired) electrons. The number of methoxy groups -OCH3 is 6. The van der Waals surface area contributed by atoms with E-state index >= 15 is 0 Å². The molecule has 0 fully saturated rings. The van der Waals surface area contributed by atoms with Crippen molar-refractivity contribution >= 4 is 109 Å². The zero-order chi connectivity index (χ0) is 88.2. The molecule has 1 aliphatic rings. The van der Waals surface area contributed by atoms with E-state index < -0.39 is 73.1 Å². The number of pyridine rings is 6. The average Bonchev–Trinajstić information content (AvgIpc) is 1.70. The Morgan fingerprint density at radius 1 is 0.439 bits per heavy atom. The third kappa shape index (κ3) is 24.1. The standard InChI is InChI=1S/C19H22N2O3S.C17H17F2N3O2S.C17H19N3O3S.C16H15F2N3O4S.C16H18N4O2S/c1-14-17(20-9-8-18(14)24-11-5-10-23-2)13-25(22)19-12-15-6-3-4-7-16(15)21-19;1-11-14(20-8-7-15(11)24-10-17(2,18)19)9-25(23)16-21-12-5-3-4-6-13(12)22-16;1-10-8-18-15(11(2)16(10)23-4)9-24(21)17-19-13-6-5-12(22-3)7-14(13)20-17;1-23-13-5-6-19-12(14(13)24-2)8-26(22)16-20-10-4-3-9(25-15(17)18)7-11(10)21-16;1-9-7-17-13(11(3)14(9)22-4)8-23(21)16-19-12-6-5-10(2)18-15(12)20-16/h3-4,6-9H,5,10-13H2,1-2H3;3-8H,9-10H2,1-2H3,(H,21,22);5-8H,9H2,1-4H3,(H,19,20);3-7,15H,8H2,1-2H3,(H,20,21);5-7H,8H2,1-4H3,(H,18,19,20). The minimum atomic E-state index is -2.92. The van der Waals surface area contributed by atoms with E-state index in [9.17, 15) is 38.6 Å². The Morgan fingerprint density at radius 2 is 0.911 bits per heavy atom. The van der Waals surface area contributed by atoms with Crippen molar-refractivity contribution in [3.05, 3.63) is 219 Å². The highest BCUT2D eigenvalue weighted by molar-refractivity contribution is 8.00. The lowest BCUT2D eigenvalue weighted by Crippen LogP contribution is -2.21. The van der Waals surface area contributed by atoms with E-state index in [1.54, 1.807) is 60.0 Å². The van der Waals surface area contributed by atoms with Crippen molar-refractivity contribution < 1.29 is 81.2 Å². The number of fused-ring (bicyclic) bond motifs is 5. The lowest BCUT2D eigenvalue weighted by atomic mass is 10.1. The third-order valence-corrected chi connectivity index (χ3v) is 24.8. The summed E-state index contributed by atoms with van der Waals surface area (Å²) < 4.78 is 161. The molecule has 648 valence electrons. The molecule has 4 N–H and O–H groups in total. The predicted molar refractivity (Wildman–Crippen MR) is 464 cm³/mol. The summed E-state index contributed by atoms with van der Waals surface area (Å²) >= 11 is 0. The van der Waals surface area contributed by atoms with Gasteiger partial charge >= 0.3 is 6.61 Å². The van der Waals surface area contributed by atoms with Crippen LogP contribution in [0.1, 0.15) is 86.5 Å². The Labute approximate surface area is 718 Å². The van der Waals surface area contributed by atoms with Crippen molar-refractivity contribution in [1.82, 2.24) is 69.8 Å². The largest absolute Gasteiger partial charge is 0.497 e. The number of aromatic nitrogens is 14. The number of aryl methyl sites for hydroxylation is 3. The Kier molecular flexibility index (Phi) is 32.0. The van der Waals surface area contributed by atoms with Gasteiger partial charge in [-0.1, -0.05) is 30.3 Å². The molecule has 4 aromatic carbocycles. The maximum absolute atomic E-state index is 13.0. The second kappa shape index (κ2) is 42.8. The summed E-state index contributed by atoms with van der Waals surface area (Å²) in [5.74, 6) is 2.41. The van der Waals surface area contributed by atoms with Crippen molar-refractivity contribution in [3.63, 3.8) is 0 Å². The third-order valence-electron chi connectivity index (χ3n) is 18.8. The van der Waals surface area contributed by atoms with Gasteiger partial charge in [0.1, 0.15) is 39.5 Å². The van der Waals surface area contributed by atoms with E-state index in [0.717, 1.165) is 126 Å². The number of alkyl halides is 4. The number of ether oxygens (including phenoxy) is 9. The number of rotatable bonds is 29. The first kappa shape index (κ1) is 91.9. The normalized spacial score (nSPS) is 12.9. The zero-order valence-electron chi connectivity index (χ0n) is 69.7. The molecular formula is C85H91F4N15O14S5. The number of nitrogens with one attached hydrogen (secondary N) is 4. The molecule has 5 atom stereocenters. The number of para-hydroxylation sites is 3. The Bertz CT molecular complexity index is 6190. The predicted octanol–water partition coefficient (Wildman–Crippen LogP) is 15.3. The van der Waals surface area contributed by atoms with Crippen LogP contribution in [0.25, 0.3) is 44.3 Å². The highest BCUT2D eigenvalue weighted by Gasteiger charge is 2.26. The fraction of sp³-hybridized carbons (Fsp3) is 0.306. The van der Waals surface area contributed by atoms with Crippen molar-refractivity contribution in [2.75, 3.05) is 62.5 Å². The summed E-state index contributed by atoms with van der Waals surface area (Å²) in [6.07, 6.45) is 9.64. The Morgan fingerprint density at radius 3 is 1.44 bits per heavy atom. The SMILES string of the molecule is COCCCOc1ccnc(CS(=O)C2=Nc3ccccc3C2)c1C.COc1c(C)cnc(CS(=O)c2nc3nc(C)ccc3[nH]2)c1C.COc1ccc2nc(S(=O)Cc3ncc(C)c(OC)c3C)[nH]c2c1.COc1ccnc(CS(=O)c2nc3ccc(OC(F)F)cc3[nH]2)c1OC.Cc1c(OCC(C)(F)F)ccnc1CS(=O)c1nc2ccccc2[nH]1. The van der Waals surface area contributed by atoms with Crippen LogP contribution in [0.3, 0.4) is 0 Å². The van der Waals surface area contributed by atoms with Gasteiger partial charge in [0.15, 0.2) is 44.4 Å². The van der Waals surface area contributed by atoms with Crippen LogP contribution in [0.15, 0.2) is 172 Å². The quantitative estimate of drug-likeness (QED) is 0.0250. The summed E-state index contributed by atoms with van der Waals surface area (Å²) in [5, 5.41) is 2.11. The molecule has 11 heterocycles. The minimum Gasteiger partial charge on any atom is -0.497 e. The van der Waals surface area contributed by atoms with Crippen molar-refractivity contribution in [1.29, 1.82) is 0 Å². The van der Waals surface area contributed by atoms with Crippen LogP contribution in [-0.2, 0) is 93.9 Å².